The molecule has 2 aromatic rings. The number of Topliss-reactive ketones (excluding diaryl/α,β-unsaturated/α-hetero) is 1. The fourth-order valence-corrected chi connectivity index (χ4v) is 3.84. The van der Waals surface area contributed by atoms with Crippen molar-refractivity contribution in [2.24, 2.45) is 0 Å². The third-order valence-electron chi connectivity index (χ3n) is 3.47. The van der Waals surface area contributed by atoms with Gasteiger partial charge in [0.05, 0.1) is 22.7 Å². The van der Waals surface area contributed by atoms with Crippen LogP contribution in [-0.2, 0) is 19.6 Å². The van der Waals surface area contributed by atoms with Crippen molar-refractivity contribution in [2.45, 2.75) is 11.8 Å². The Balaban J connectivity index is 2.39. The number of ketones is 1. The third-order valence-corrected chi connectivity index (χ3v) is 5.52. The Kier molecular flexibility index (Phi) is 6.76. The van der Waals surface area contributed by atoms with Crippen LogP contribution in [0.5, 0.6) is 0 Å². The van der Waals surface area contributed by atoms with E-state index < -0.39 is 16.0 Å². The zero-order valence-corrected chi connectivity index (χ0v) is 16.2. The second kappa shape index (κ2) is 8.83. The highest BCUT2D eigenvalue weighted by molar-refractivity contribution is 7.92. The summed E-state index contributed by atoms with van der Waals surface area (Å²) in [7, 11) is -3.97. The molecule has 2 aromatic carbocycles. The Labute approximate surface area is 163 Å². The fraction of sp³-hybridized carbons (Fsp3) is 0.158. The molecule has 0 saturated carbocycles. The number of carbonyl (C=O) groups is 2. The first kappa shape index (κ1) is 20.7. The van der Waals surface area contributed by atoms with Crippen molar-refractivity contribution in [3.05, 3.63) is 71.8 Å². The van der Waals surface area contributed by atoms with Gasteiger partial charge >= 0.3 is 5.97 Å². The number of benzene rings is 2. The Bertz CT molecular complexity index is 954. The zero-order chi connectivity index (χ0) is 20.0. The summed E-state index contributed by atoms with van der Waals surface area (Å²) in [5.74, 6) is -1.09. The number of hydrogen-bond donors (Lipinski definition) is 0. The summed E-state index contributed by atoms with van der Waals surface area (Å²) in [6.07, 6.45) is 1.46. The van der Waals surface area contributed by atoms with E-state index >= 15 is 0 Å². The Morgan fingerprint density at radius 2 is 1.85 bits per heavy atom. The first-order valence-electron chi connectivity index (χ1n) is 7.91. The summed E-state index contributed by atoms with van der Waals surface area (Å²) in [5, 5.41) is 0.477. The molecule has 0 aromatic heterocycles. The van der Waals surface area contributed by atoms with Crippen molar-refractivity contribution in [1.29, 1.82) is 0 Å². The number of anilines is 1. The van der Waals surface area contributed by atoms with E-state index in [0.29, 0.717) is 10.7 Å². The first-order chi connectivity index (χ1) is 12.8. The number of sulfonamides is 1. The summed E-state index contributed by atoms with van der Waals surface area (Å²) < 4.78 is 32.2. The molecule has 0 unspecified atom stereocenters. The molecule has 0 amide bonds. The third kappa shape index (κ3) is 5.18. The van der Waals surface area contributed by atoms with Crippen LogP contribution in [0.1, 0.15) is 17.3 Å². The van der Waals surface area contributed by atoms with Gasteiger partial charge in [0.2, 0.25) is 0 Å². The monoisotopic (exact) mass is 407 g/mol. The molecule has 0 aliphatic carbocycles. The average Bonchev–Trinajstić information content (AvgIpc) is 2.65. The number of rotatable bonds is 8. The van der Waals surface area contributed by atoms with Crippen LogP contribution in [0, 0.1) is 0 Å². The van der Waals surface area contributed by atoms with Gasteiger partial charge in [-0.2, -0.15) is 0 Å². The van der Waals surface area contributed by atoms with Gasteiger partial charge in [0.1, 0.15) is 6.61 Å². The maximum absolute atomic E-state index is 13.1. The molecule has 0 saturated heterocycles. The summed E-state index contributed by atoms with van der Waals surface area (Å²) in [6, 6.07) is 11.8. The molecule has 0 fully saturated rings. The molecule has 2 rings (SSSR count). The minimum Gasteiger partial charge on any atom is -0.454 e. The van der Waals surface area contributed by atoms with Crippen molar-refractivity contribution < 1.29 is 22.7 Å². The van der Waals surface area contributed by atoms with Crippen LogP contribution in [0.3, 0.4) is 0 Å². The normalized spacial score (nSPS) is 10.9. The standard InChI is InChI=1S/C19H18ClNO5S/c1-3-11-21(17-9-7-16(20)8-10-17)27(24,25)18-6-4-5-15(12-18)19(23)26-13-14(2)22/h3-10,12H,1,11,13H2,2H3. The minimum absolute atomic E-state index is 0.0307. The van der Waals surface area contributed by atoms with Crippen LogP contribution < -0.4 is 4.31 Å². The Morgan fingerprint density at radius 3 is 2.44 bits per heavy atom. The number of halogens is 1. The number of esters is 1. The van der Waals surface area contributed by atoms with E-state index in [4.69, 9.17) is 16.3 Å². The fourth-order valence-electron chi connectivity index (χ4n) is 2.23. The topological polar surface area (TPSA) is 80.8 Å². The first-order valence-corrected chi connectivity index (χ1v) is 9.73. The van der Waals surface area contributed by atoms with Crippen molar-refractivity contribution in [1.82, 2.24) is 0 Å². The summed E-state index contributed by atoms with van der Waals surface area (Å²) in [6.45, 7) is 4.54. The van der Waals surface area contributed by atoms with Crippen LogP contribution in [-0.4, -0.2) is 33.3 Å². The van der Waals surface area contributed by atoms with Crippen LogP contribution in [0.15, 0.2) is 66.1 Å². The summed E-state index contributed by atoms with van der Waals surface area (Å²) in [4.78, 5) is 22.9. The van der Waals surface area contributed by atoms with E-state index in [9.17, 15) is 18.0 Å². The van der Waals surface area contributed by atoms with Crippen LogP contribution in [0.25, 0.3) is 0 Å². The van der Waals surface area contributed by atoms with E-state index in [1.165, 1.54) is 37.3 Å². The highest BCUT2D eigenvalue weighted by atomic mass is 35.5. The van der Waals surface area contributed by atoms with Gasteiger partial charge in [-0.3, -0.25) is 9.10 Å². The molecule has 142 valence electrons. The molecule has 8 heteroatoms. The molecule has 0 spiro atoms. The SMILES string of the molecule is C=CCN(c1ccc(Cl)cc1)S(=O)(=O)c1cccc(C(=O)OCC(C)=O)c1. The largest absolute Gasteiger partial charge is 0.454 e. The summed E-state index contributed by atoms with van der Waals surface area (Å²) in [5.41, 5.74) is 0.441. The van der Waals surface area contributed by atoms with Gasteiger partial charge in [-0.1, -0.05) is 23.7 Å². The molecule has 0 bridgehead atoms. The van der Waals surface area contributed by atoms with Gasteiger partial charge in [0.15, 0.2) is 5.78 Å². The molecule has 6 nitrogen and oxygen atoms in total. The maximum atomic E-state index is 13.1. The van der Waals surface area contributed by atoms with Crippen LogP contribution in [0.4, 0.5) is 5.69 Å². The molecule has 0 aliphatic heterocycles. The molecule has 0 atom stereocenters. The van der Waals surface area contributed by atoms with Gasteiger partial charge < -0.3 is 4.74 Å². The Morgan fingerprint density at radius 1 is 1.19 bits per heavy atom. The molecule has 0 aliphatic rings. The number of ether oxygens (including phenoxy) is 1. The number of nitrogens with zero attached hydrogens (tertiary/aromatic N) is 1. The lowest BCUT2D eigenvalue weighted by Gasteiger charge is -2.23. The van der Waals surface area contributed by atoms with Crippen molar-refractivity contribution in [3.8, 4) is 0 Å². The Hall–Kier alpha value is -2.64. The maximum Gasteiger partial charge on any atom is 0.338 e. The van der Waals surface area contributed by atoms with Gasteiger partial charge in [-0.25, -0.2) is 13.2 Å². The predicted octanol–water partition coefficient (Wildman–Crippen LogP) is 3.47. The zero-order valence-electron chi connectivity index (χ0n) is 14.6. The molecule has 0 N–H and O–H groups in total. The lowest BCUT2D eigenvalue weighted by Crippen LogP contribution is -2.31. The van der Waals surface area contributed by atoms with Gasteiger partial charge in [0.25, 0.3) is 10.0 Å². The van der Waals surface area contributed by atoms with Gasteiger partial charge in [-0.05, 0) is 49.4 Å². The minimum atomic E-state index is -3.97. The summed E-state index contributed by atoms with van der Waals surface area (Å²) >= 11 is 5.87. The van der Waals surface area contributed by atoms with Crippen molar-refractivity contribution in [3.63, 3.8) is 0 Å². The smallest absolute Gasteiger partial charge is 0.338 e. The van der Waals surface area contributed by atoms with E-state index in [1.807, 2.05) is 0 Å². The second-order valence-corrected chi connectivity index (χ2v) is 7.91. The van der Waals surface area contributed by atoms with Gasteiger partial charge in [-0.15, -0.1) is 6.58 Å². The van der Waals surface area contributed by atoms with Crippen LogP contribution >= 0.6 is 11.6 Å². The van der Waals surface area contributed by atoms with E-state index in [2.05, 4.69) is 6.58 Å². The average molecular weight is 408 g/mol. The van der Waals surface area contributed by atoms with E-state index in [1.54, 1.807) is 24.3 Å². The highest BCUT2D eigenvalue weighted by Gasteiger charge is 2.25. The number of hydrogen-bond acceptors (Lipinski definition) is 5. The molecule has 0 heterocycles. The lowest BCUT2D eigenvalue weighted by molar-refractivity contribution is -0.120. The quantitative estimate of drug-likeness (QED) is 0.494. The second-order valence-electron chi connectivity index (χ2n) is 5.61. The van der Waals surface area contributed by atoms with E-state index in [-0.39, 0.29) is 29.4 Å². The van der Waals surface area contributed by atoms with E-state index in [0.717, 1.165) is 4.31 Å². The van der Waals surface area contributed by atoms with Crippen molar-refractivity contribution in [2.75, 3.05) is 17.5 Å². The molecular weight excluding hydrogens is 390 g/mol. The van der Waals surface area contributed by atoms with Gasteiger partial charge in [0, 0.05) is 5.02 Å². The number of carbonyl (C=O) groups excluding carboxylic acids is 2. The van der Waals surface area contributed by atoms with Crippen molar-refractivity contribution >= 4 is 39.1 Å². The van der Waals surface area contributed by atoms with Crippen LogP contribution in [0.2, 0.25) is 5.02 Å². The molecule has 27 heavy (non-hydrogen) atoms. The highest BCUT2D eigenvalue weighted by Crippen LogP contribution is 2.25. The molecular formula is C19H18ClNO5S. The molecule has 0 radical (unpaired) electrons. The predicted molar refractivity (Wildman–Crippen MR) is 104 cm³/mol. The lowest BCUT2D eigenvalue weighted by atomic mass is 10.2.